The molecule has 0 saturated heterocycles. The highest BCUT2D eigenvalue weighted by molar-refractivity contribution is 5.76. The summed E-state index contributed by atoms with van der Waals surface area (Å²) in [5, 5.41) is 0. The number of nitrogens with two attached hydrogens (primary N) is 1. The molecule has 0 fully saturated rings. The molecular formula is C12H24N2O3. The van der Waals surface area contributed by atoms with Crippen LogP contribution in [0.2, 0.25) is 0 Å². The molecule has 1 atom stereocenters. The van der Waals surface area contributed by atoms with E-state index in [1.54, 1.807) is 11.9 Å². The summed E-state index contributed by atoms with van der Waals surface area (Å²) in [5.41, 5.74) is 5.49. The van der Waals surface area contributed by atoms with Crippen molar-refractivity contribution in [3.63, 3.8) is 0 Å². The smallest absolute Gasteiger partial charge is 0.305 e. The summed E-state index contributed by atoms with van der Waals surface area (Å²) in [6, 6.07) is 0. The van der Waals surface area contributed by atoms with Gasteiger partial charge in [-0.15, -0.1) is 0 Å². The average Bonchev–Trinajstić information content (AvgIpc) is 2.34. The SMILES string of the molecule is COC(=O)CCCN(C)C(=O)CCC(C)CN. The second kappa shape index (κ2) is 8.98. The van der Waals surface area contributed by atoms with Crippen LogP contribution in [0, 0.1) is 5.92 Å². The fraction of sp³-hybridized carbons (Fsp3) is 0.833. The van der Waals surface area contributed by atoms with Crippen LogP contribution in [0.1, 0.15) is 32.6 Å². The minimum absolute atomic E-state index is 0.107. The predicted molar refractivity (Wildman–Crippen MR) is 66.3 cm³/mol. The Morgan fingerprint density at radius 3 is 2.53 bits per heavy atom. The lowest BCUT2D eigenvalue weighted by molar-refractivity contribution is -0.141. The minimum atomic E-state index is -0.234. The Balaban J connectivity index is 3.71. The molecule has 0 saturated carbocycles. The zero-order valence-corrected chi connectivity index (χ0v) is 11.1. The van der Waals surface area contributed by atoms with E-state index < -0.39 is 0 Å². The number of hydrogen-bond donors (Lipinski definition) is 1. The van der Waals surface area contributed by atoms with Crippen molar-refractivity contribution in [3.8, 4) is 0 Å². The predicted octanol–water partition coefficient (Wildman–Crippen LogP) is 0.773. The summed E-state index contributed by atoms with van der Waals surface area (Å²) >= 11 is 0. The molecule has 0 aliphatic carbocycles. The third-order valence-electron chi connectivity index (χ3n) is 2.78. The zero-order chi connectivity index (χ0) is 13.3. The molecule has 2 N–H and O–H groups in total. The highest BCUT2D eigenvalue weighted by Gasteiger charge is 2.11. The summed E-state index contributed by atoms with van der Waals surface area (Å²) < 4.78 is 4.53. The van der Waals surface area contributed by atoms with Gasteiger partial charge in [-0.2, -0.15) is 0 Å². The van der Waals surface area contributed by atoms with Crippen molar-refractivity contribution in [1.29, 1.82) is 0 Å². The van der Waals surface area contributed by atoms with Gasteiger partial charge in [0.05, 0.1) is 7.11 Å². The maximum absolute atomic E-state index is 11.7. The number of amides is 1. The molecular weight excluding hydrogens is 220 g/mol. The molecule has 0 aromatic heterocycles. The average molecular weight is 244 g/mol. The first kappa shape index (κ1) is 15.9. The number of carbonyl (C=O) groups is 2. The van der Waals surface area contributed by atoms with Gasteiger partial charge in [0.2, 0.25) is 5.91 Å². The van der Waals surface area contributed by atoms with Crippen LogP contribution in [0.5, 0.6) is 0 Å². The first-order valence-electron chi connectivity index (χ1n) is 6.02. The van der Waals surface area contributed by atoms with Crippen LogP contribution in [-0.4, -0.2) is 44.0 Å². The van der Waals surface area contributed by atoms with E-state index in [1.165, 1.54) is 7.11 Å². The van der Waals surface area contributed by atoms with Gasteiger partial charge in [-0.3, -0.25) is 9.59 Å². The largest absolute Gasteiger partial charge is 0.469 e. The van der Waals surface area contributed by atoms with Crippen molar-refractivity contribution < 1.29 is 14.3 Å². The van der Waals surface area contributed by atoms with Gasteiger partial charge in [0.15, 0.2) is 0 Å². The molecule has 0 aliphatic heterocycles. The Morgan fingerprint density at radius 1 is 1.35 bits per heavy atom. The van der Waals surface area contributed by atoms with Crippen LogP contribution in [-0.2, 0) is 14.3 Å². The molecule has 0 radical (unpaired) electrons. The van der Waals surface area contributed by atoms with Gasteiger partial charge in [-0.1, -0.05) is 6.92 Å². The highest BCUT2D eigenvalue weighted by Crippen LogP contribution is 2.06. The Morgan fingerprint density at radius 2 is 2.00 bits per heavy atom. The number of esters is 1. The topological polar surface area (TPSA) is 72.6 Å². The second-order valence-electron chi connectivity index (χ2n) is 4.37. The molecule has 5 nitrogen and oxygen atoms in total. The van der Waals surface area contributed by atoms with Gasteiger partial charge >= 0.3 is 5.97 Å². The summed E-state index contributed by atoms with van der Waals surface area (Å²) in [7, 11) is 3.12. The van der Waals surface area contributed by atoms with Gasteiger partial charge in [-0.05, 0) is 25.3 Å². The fourth-order valence-corrected chi connectivity index (χ4v) is 1.37. The molecule has 1 unspecified atom stereocenters. The summed E-state index contributed by atoms with van der Waals surface area (Å²) in [4.78, 5) is 24.2. The van der Waals surface area contributed by atoms with Crippen LogP contribution in [0.4, 0.5) is 0 Å². The van der Waals surface area contributed by atoms with E-state index in [4.69, 9.17) is 5.73 Å². The molecule has 0 heterocycles. The monoisotopic (exact) mass is 244 g/mol. The summed E-state index contributed by atoms with van der Waals surface area (Å²) in [5.74, 6) is 0.250. The van der Waals surface area contributed by atoms with E-state index in [9.17, 15) is 9.59 Å². The van der Waals surface area contributed by atoms with Crippen molar-refractivity contribution in [2.75, 3.05) is 27.2 Å². The van der Waals surface area contributed by atoms with Gasteiger partial charge in [0.25, 0.3) is 0 Å². The van der Waals surface area contributed by atoms with Crippen molar-refractivity contribution in [2.45, 2.75) is 32.6 Å². The first-order chi connectivity index (χ1) is 8.01. The van der Waals surface area contributed by atoms with E-state index >= 15 is 0 Å². The first-order valence-corrected chi connectivity index (χ1v) is 6.02. The number of methoxy groups -OCH3 is 1. The van der Waals surface area contributed by atoms with Gasteiger partial charge in [0, 0.05) is 26.4 Å². The Labute approximate surface area is 103 Å². The number of nitrogens with zero attached hydrogens (tertiary/aromatic N) is 1. The van der Waals surface area contributed by atoms with Crippen LogP contribution in [0.15, 0.2) is 0 Å². The van der Waals surface area contributed by atoms with Gasteiger partial charge in [0.1, 0.15) is 0 Å². The third kappa shape index (κ3) is 7.74. The fourth-order valence-electron chi connectivity index (χ4n) is 1.37. The maximum Gasteiger partial charge on any atom is 0.305 e. The molecule has 0 aromatic rings. The number of carbonyl (C=O) groups excluding carboxylic acids is 2. The van der Waals surface area contributed by atoms with Crippen molar-refractivity contribution in [3.05, 3.63) is 0 Å². The lowest BCUT2D eigenvalue weighted by Crippen LogP contribution is -2.28. The molecule has 17 heavy (non-hydrogen) atoms. The molecule has 1 amide bonds. The van der Waals surface area contributed by atoms with Crippen LogP contribution < -0.4 is 5.73 Å². The Hall–Kier alpha value is -1.10. The lowest BCUT2D eigenvalue weighted by atomic mass is 10.1. The highest BCUT2D eigenvalue weighted by atomic mass is 16.5. The Kier molecular flexibility index (Phi) is 8.40. The quantitative estimate of drug-likeness (QED) is 0.640. The van der Waals surface area contributed by atoms with Crippen LogP contribution >= 0.6 is 0 Å². The van der Waals surface area contributed by atoms with E-state index in [0.717, 1.165) is 6.42 Å². The van der Waals surface area contributed by atoms with Crippen LogP contribution in [0.3, 0.4) is 0 Å². The van der Waals surface area contributed by atoms with Crippen molar-refractivity contribution in [1.82, 2.24) is 4.90 Å². The summed E-state index contributed by atoms with van der Waals surface area (Å²) in [6.45, 7) is 3.23. The van der Waals surface area contributed by atoms with Crippen molar-refractivity contribution >= 4 is 11.9 Å². The maximum atomic E-state index is 11.7. The minimum Gasteiger partial charge on any atom is -0.469 e. The van der Waals surface area contributed by atoms with Gasteiger partial charge in [-0.25, -0.2) is 0 Å². The molecule has 0 aromatic carbocycles. The van der Waals surface area contributed by atoms with E-state index in [1.807, 2.05) is 6.92 Å². The van der Waals surface area contributed by atoms with E-state index in [2.05, 4.69) is 4.74 Å². The molecule has 0 rings (SSSR count). The molecule has 100 valence electrons. The molecule has 5 heteroatoms. The standard InChI is InChI=1S/C12H24N2O3/c1-10(9-13)6-7-11(15)14(2)8-4-5-12(16)17-3/h10H,4-9,13H2,1-3H3. The number of hydrogen-bond acceptors (Lipinski definition) is 4. The third-order valence-corrected chi connectivity index (χ3v) is 2.78. The molecule has 0 aliphatic rings. The normalized spacial score (nSPS) is 12.0. The zero-order valence-electron chi connectivity index (χ0n) is 11.1. The Bertz CT molecular complexity index is 244. The number of ether oxygens (including phenoxy) is 1. The van der Waals surface area contributed by atoms with Crippen molar-refractivity contribution in [2.24, 2.45) is 11.7 Å². The van der Waals surface area contributed by atoms with Crippen LogP contribution in [0.25, 0.3) is 0 Å². The van der Waals surface area contributed by atoms with E-state index in [-0.39, 0.29) is 11.9 Å². The molecule has 0 spiro atoms. The second-order valence-corrected chi connectivity index (χ2v) is 4.37. The molecule has 0 bridgehead atoms. The lowest BCUT2D eigenvalue weighted by Gasteiger charge is -2.17. The summed E-state index contributed by atoms with van der Waals surface area (Å²) in [6.07, 6.45) is 2.33. The van der Waals surface area contributed by atoms with E-state index in [0.29, 0.717) is 38.3 Å². The van der Waals surface area contributed by atoms with Gasteiger partial charge < -0.3 is 15.4 Å². The number of rotatable bonds is 8.